The molecule has 1 aromatic rings. The minimum atomic E-state index is -0.0119. The van der Waals surface area contributed by atoms with Gasteiger partial charge in [-0.3, -0.25) is 4.90 Å². The first-order valence-corrected chi connectivity index (χ1v) is 10.3. The summed E-state index contributed by atoms with van der Waals surface area (Å²) in [4.78, 5) is 16.9. The van der Waals surface area contributed by atoms with E-state index in [9.17, 15) is 4.79 Å². The Morgan fingerprint density at radius 2 is 1.85 bits per heavy atom. The SMILES string of the molecule is O=C(Nc1ccc(Cl)cc1)N1CCN(C[C@H]2CCCNC2C2CC2)CC1. The number of anilines is 1. The molecule has 2 N–H and O–H groups in total. The number of urea groups is 1. The molecule has 5 nitrogen and oxygen atoms in total. The fraction of sp³-hybridized carbons (Fsp3) is 0.650. The summed E-state index contributed by atoms with van der Waals surface area (Å²) in [6.45, 7) is 5.92. The number of hydrogen-bond acceptors (Lipinski definition) is 3. The number of rotatable bonds is 4. The number of carbonyl (C=O) groups is 1. The maximum atomic E-state index is 12.5. The number of hydrogen-bond donors (Lipinski definition) is 2. The van der Waals surface area contributed by atoms with E-state index in [1.807, 2.05) is 17.0 Å². The molecule has 2 heterocycles. The van der Waals surface area contributed by atoms with E-state index < -0.39 is 0 Å². The molecule has 2 saturated heterocycles. The summed E-state index contributed by atoms with van der Waals surface area (Å²) in [5.41, 5.74) is 0.794. The van der Waals surface area contributed by atoms with E-state index in [4.69, 9.17) is 11.6 Å². The van der Waals surface area contributed by atoms with Crippen molar-refractivity contribution in [1.29, 1.82) is 0 Å². The van der Waals surface area contributed by atoms with E-state index in [-0.39, 0.29) is 6.03 Å². The second kappa shape index (κ2) is 8.15. The highest BCUT2D eigenvalue weighted by atomic mass is 35.5. The summed E-state index contributed by atoms with van der Waals surface area (Å²) in [6.07, 6.45) is 5.47. The van der Waals surface area contributed by atoms with Gasteiger partial charge in [0.25, 0.3) is 0 Å². The molecule has 0 radical (unpaired) electrons. The first-order valence-electron chi connectivity index (χ1n) is 9.96. The Balaban J connectivity index is 1.24. The van der Waals surface area contributed by atoms with Gasteiger partial charge in [-0.15, -0.1) is 0 Å². The molecule has 142 valence electrons. The van der Waals surface area contributed by atoms with E-state index in [1.165, 1.54) is 38.8 Å². The van der Waals surface area contributed by atoms with Crippen molar-refractivity contribution >= 4 is 23.3 Å². The molecular formula is C20H29ClN4O. The summed E-state index contributed by atoms with van der Waals surface area (Å²) in [7, 11) is 0. The molecule has 4 rings (SSSR count). The van der Waals surface area contributed by atoms with Crippen LogP contribution in [0.1, 0.15) is 25.7 Å². The molecule has 1 unspecified atom stereocenters. The van der Waals surface area contributed by atoms with Gasteiger partial charge < -0.3 is 15.5 Å². The Labute approximate surface area is 161 Å². The van der Waals surface area contributed by atoms with Crippen molar-refractivity contribution in [1.82, 2.24) is 15.1 Å². The van der Waals surface area contributed by atoms with E-state index in [0.29, 0.717) is 5.02 Å². The maximum Gasteiger partial charge on any atom is 0.321 e. The fourth-order valence-electron chi connectivity index (χ4n) is 4.39. The van der Waals surface area contributed by atoms with Gasteiger partial charge in [0.05, 0.1) is 0 Å². The number of carbonyl (C=O) groups excluding carboxylic acids is 1. The Morgan fingerprint density at radius 3 is 2.54 bits per heavy atom. The maximum absolute atomic E-state index is 12.5. The van der Waals surface area contributed by atoms with Gasteiger partial charge in [0, 0.05) is 49.5 Å². The van der Waals surface area contributed by atoms with E-state index in [1.54, 1.807) is 12.1 Å². The first kappa shape index (κ1) is 18.1. The predicted molar refractivity (Wildman–Crippen MR) is 106 cm³/mol. The monoisotopic (exact) mass is 376 g/mol. The lowest BCUT2D eigenvalue weighted by Crippen LogP contribution is -2.53. The van der Waals surface area contributed by atoms with Gasteiger partial charge in [0.15, 0.2) is 0 Å². The highest BCUT2D eigenvalue weighted by Gasteiger charge is 2.38. The third-order valence-electron chi connectivity index (χ3n) is 6.02. The lowest BCUT2D eigenvalue weighted by Gasteiger charge is -2.40. The highest BCUT2D eigenvalue weighted by molar-refractivity contribution is 6.30. The lowest BCUT2D eigenvalue weighted by atomic mass is 9.87. The van der Waals surface area contributed by atoms with Crippen LogP contribution in [-0.4, -0.2) is 61.1 Å². The molecule has 26 heavy (non-hydrogen) atoms. The lowest BCUT2D eigenvalue weighted by molar-refractivity contribution is 0.112. The van der Waals surface area contributed by atoms with Crippen LogP contribution in [0.3, 0.4) is 0 Å². The van der Waals surface area contributed by atoms with Gasteiger partial charge in [-0.2, -0.15) is 0 Å². The van der Waals surface area contributed by atoms with Crippen LogP contribution in [-0.2, 0) is 0 Å². The Hall–Kier alpha value is -1.30. The molecule has 2 aliphatic heterocycles. The van der Waals surface area contributed by atoms with Crippen LogP contribution in [0.15, 0.2) is 24.3 Å². The molecule has 3 fully saturated rings. The summed E-state index contributed by atoms with van der Waals surface area (Å²) in [5, 5.41) is 7.41. The van der Waals surface area contributed by atoms with Crippen molar-refractivity contribution in [3.05, 3.63) is 29.3 Å². The van der Waals surface area contributed by atoms with Crippen LogP contribution >= 0.6 is 11.6 Å². The molecule has 2 atom stereocenters. The molecule has 0 spiro atoms. The van der Waals surface area contributed by atoms with Crippen molar-refractivity contribution in [3.8, 4) is 0 Å². The number of piperidine rings is 1. The summed E-state index contributed by atoms with van der Waals surface area (Å²) < 4.78 is 0. The molecule has 0 aromatic heterocycles. The van der Waals surface area contributed by atoms with Gasteiger partial charge in [-0.05, 0) is 68.3 Å². The third-order valence-corrected chi connectivity index (χ3v) is 6.27. The Kier molecular flexibility index (Phi) is 5.67. The fourth-order valence-corrected chi connectivity index (χ4v) is 4.52. The molecule has 1 saturated carbocycles. The molecule has 2 amide bonds. The number of halogens is 1. The van der Waals surface area contributed by atoms with Gasteiger partial charge in [-0.1, -0.05) is 11.6 Å². The minimum absolute atomic E-state index is 0.0119. The Morgan fingerprint density at radius 1 is 1.12 bits per heavy atom. The van der Waals surface area contributed by atoms with Crippen LogP contribution in [0.4, 0.5) is 10.5 Å². The molecule has 3 aliphatic rings. The molecule has 6 heteroatoms. The highest BCUT2D eigenvalue weighted by Crippen LogP contribution is 2.38. The third kappa shape index (κ3) is 4.51. The molecule has 1 aromatic carbocycles. The van der Waals surface area contributed by atoms with Crippen LogP contribution in [0.25, 0.3) is 0 Å². The molecular weight excluding hydrogens is 348 g/mol. The molecule has 1 aliphatic carbocycles. The van der Waals surface area contributed by atoms with Crippen LogP contribution in [0.2, 0.25) is 5.02 Å². The number of nitrogens with one attached hydrogen (secondary N) is 2. The quantitative estimate of drug-likeness (QED) is 0.847. The second-order valence-electron chi connectivity index (χ2n) is 7.94. The standard InChI is InChI=1S/C20H29ClN4O/c21-17-5-7-18(8-6-17)23-20(26)25-12-10-24(11-13-25)14-16-2-1-9-22-19(16)15-3-4-15/h5-8,15-16,19,22H,1-4,9-14H2,(H,23,26)/t16-,19?/m1/s1. The van der Waals surface area contributed by atoms with Gasteiger partial charge in [-0.25, -0.2) is 4.79 Å². The average Bonchev–Trinajstić information content (AvgIpc) is 3.50. The normalized spacial score (nSPS) is 27.3. The van der Waals surface area contributed by atoms with E-state index in [0.717, 1.165) is 49.7 Å². The van der Waals surface area contributed by atoms with E-state index >= 15 is 0 Å². The number of benzene rings is 1. The number of amides is 2. The van der Waals surface area contributed by atoms with Crippen molar-refractivity contribution in [2.45, 2.75) is 31.7 Å². The van der Waals surface area contributed by atoms with E-state index in [2.05, 4.69) is 15.5 Å². The van der Waals surface area contributed by atoms with Crippen molar-refractivity contribution in [2.24, 2.45) is 11.8 Å². The average molecular weight is 377 g/mol. The van der Waals surface area contributed by atoms with Crippen molar-refractivity contribution < 1.29 is 4.79 Å². The largest absolute Gasteiger partial charge is 0.322 e. The van der Waals surface area contributed by atoms with Crippen LogP contribution in [0, 0.1) is 11.8 Å². The topological polar surface area (TPSA) is 47.6 Å². The van der Waals surface area contributed by atoms with Crippen molar-refractivity contribution in [3.63, 3.8) is 0 Å². The number of piperazine rings is 1. The van der Waals surface area contributed by atoms with Crippen LogP contribution < -0.4 is 10.6 Å². The zero-order valence-electron chi connectivity index (χ0n) is 15.3. The summed E-state index contributed by atoms with van der Waals surface area (Å²) >= 11 is 5.89. The van der Waals surface area contributed by atoms with Crippen molar-refractivity contribution in [2.75, 3.05) is 44.6 Å². The second-order valence-corrected chi connectivity index (χ2v) is 8.38. The predicted octanol–water partition coefficient (Wildman–Crippen LogP) is 3.27. The summed E-state index contributed by atoms with van der Waals surface area (Å²) in [5.74, 6) is 1.71. The van der Waals surface area contributed by atoms with Gasteiger partial charge in [0.1, 0.15) is 0 Å². The summed E-state index contributed by atoms with van der Waals surface area (Å²) in [6, 6.07) is 7.99. The first-order chi connectivity index (χ1) is 12.7. The van der Waals surface area contributed by atoms with Crippen LogP contribution in [0.5, 0.6) is 0 Å². The van der Waals surface area contributed by atoms with Gasteiger partial charge >= 0.3 is 6.03 Å². The zero-order valence-corrected chi connectivity index (χ0v) is 16.0. The zero-order chi connectivity index (χ0) is 17.9. The number of nitrogens with zero attached hydrogens (tertiary/aromatic N) is 2. The van der Waals surface area contributed by atoms with Gasteiger partial charge in [0.2, 0.25) is 0 Å². The smallest absolute Gasteiger partial charge is 0.321 e. The minimum Gasteiger partial charge on any atom is -0.322 e. The molecule has 0 bridgehead atoms. The Bertz CT molecular complexity index is 611.